The number of quaternary nitrogens is 1. The van der Waals surface area contributed by atoms with E-state index in [0.717, 1.165) is 45.0 Å². The van der Waals surface area contributed by atoms with Gasteiger partial charge in [-0.15, -0.1) is 0 Å². The molecule has 0 radical (unpaired) electrons. The minimum atomic E-state index is -1.03. The molecule has 176 valence electrons. The van der Waals surface area contributed by atoms with Gasteiger partial charge in [-0.3, -0.25) is 4.79 Å². The Bertz CT molecular complexity index is 932. The van der Waals surface area contributed by atoms with Gasteiger partial charge in [0, 0.05) is 37.2 Å². The molecule has 2 aromatic rings. The van der Waals surface area contributed by atoms with Crippen molar-refractivity contribution in [1.82, 2.24) is 9.88 Å². The molecule has 7 nitrogen and oxygen atoms in total. The zero-order chi connectivity index (χ0) is 23.2. The lowest BCUT2D eigenvalue weighted by molar-refractivity contribution is -0.901. The molecule has 2 aliphatic rings. The number of aromatic nitrogens is 1. The Kier molecular flexibility index (Phi) is 7.54. The van der Waals surface area contributed by atoms with Gasteiger partial charge in [0.1, 0.15) is 11.6 Å². The SMILES string of the molecule is O=C([O-])C[C@@H]1CCN(C(=O)c2ccc(F)cc2)C[C@@H]1CC[NH+]1CCN(c2ccccn2)CC1. The van der Waals surface area contributed by atoms with Gasteiger partial charge in [0.15, 0.2) is 0 Å². The Hall–Kier alpha value is -3.00. The predicted octanol–water partition coefficient (Wildman–Crippen LogP) is 0.234. The molecular formula is C25H31FN4O3. The number of piperidine rings is 1. The number of nitrogens with one attached hydrogen (secondary N) is 1. The van der Waals surface area contributed by atoms with Gasteiger partial charge in [-0.2, -0.15) is 0 Å². The van der Waals surface area contributed by atoms with Crippen molar-refractivity contribution in [3.05, 3.63) is 60.0 Å². The summed E-state index contributed by atoms with van der Waals surface area (Å²) in [5.74, 6) is -0.386. The summed E-state index contributed by atoms with van der Waals surface area (Å²) in [6, 6.07) is 11.5. The van der Waals surface area contributed by atoms with Gasteiger partial charge in [-0.05, 0) is 61.1 Å². The Balaban J connectivity index is 1.33. The molecule has 1 amide bonds. The molecule has 2 fully saturated rings. The quantitative estimate of drug-likeness (QED) is 0.648. The van der Waals surface area contributed by atoms with Crippen LogP contribution in [0.4, 0.5) is 10.2 Å². The van der Waals surface area contributed by atoms with Crippen LogP contribution in [0.5, 0.6) is 0 Å². The van der Waals surface area contributed by atoms with Gasteiger partial charge in [0.25, 0.3) is 5.91 Å². The third-order valence-corrected chi connectivity index (χ3v) is 7.01. The Morgan fingerprint density at radius 1 is 1.06 bits per heavy atom. The van der Waals surface area contributed by atoms with Crippen molar-refractivity contribution in [3.8, 4) is 0 Å². The topological polar surface area (TPSA) is 81.0 Å². The monoisotopic (exact) mass is 454 g/mol. The number of benzene rings is 1. The smallest absolute Gasteiger partial charge is 0.253 e. The molecule has 0 aliphatic carbocycles. The third kappa shape index (κ3) is 6.07. The molecule has 33 heavy (non-hydrogen) atoms. The number of carbonyl (C=O) groups is 2. The molecule has 1 aromatic heterocycles. The van der Waals surface area contributed by atoms with Crippen molar-refractivity contribution < 1.29 is 24.0 Å². The van der Waals surface area contributed by atoms with Crippen LogP contribution in [0.2, 0.25) is 0 Å². The first-order valence-electron chi connectivity index (χ1n) is 11.7. The number of hydrogen-bond donors (Lipinski definition) is 1. The van der Waals surface area contributed by atoms with Gasteiger partial charge in [-0.1, -0.05) is 6.07 Å². The number of anilines is 1. The number of carboxylic acids is 1. The van der Waals surface area contributed by atoms with Crippen molar-refractivity contribution in [3.63, 3.8) is 0 Å². The number of aliphatic carboxylic acids is 1. The van der Waals surface area contributed by atoms with Crippen molar-refractivity contribution in [1.29, 1.82) is 0 Å². The first kappa shape index (κ1) is 23.2. The van der Waals surface area contributed by atoms with Crippen molar-refractivity contribution in [2.75, 3.05) is 50.7 Å². The van der Waals surface area contributed by atoms with Crippen LogP contribution in [-0.4, -0.2) is 67.6 Å². The highest BCUT2D eigenvalue weighted by Crippen LogP contribution is 2.29. The number of likely N-dealkylation sites (tertiary alicyclic amines) is 1. The summed E-state index contributed by atoms with van der Waals surface area (Å²) in [7, 11) is 0. The van der Waals surface area contributed by atoms with Crippen LogP contribution in [0.1, 0.15) is 29.6 Å². The number of piperazine rings is 1. The second-order valence-corrected chi connectivity index (χ2v) is 9.11. The minimum Gasteiger partial charge on any atom is -0.550 e. The normalized spacial score (nSPS) is 21.7. The van der Waals surface area contributed by atoms with E-state index in [4.69, 9.17) is 0 Å². The van der Waals surface area contributed by atoms with E-state index in [1.54, 1.807) is 4.90 Å². The second-order valence-electron chi connectivity index (χ2n) is 9.11. The zero-order valence-corrected chi connectivity index (χ0v) is 18.8. The molecule has 4 rings (SSSR count). The molecule has 2 saturated heterocycles. The van der Waals surface area contributed by atoms with Crippen LogP contribution in [0, 0.1) is 17.7 Å². The van der Waals surface area contributed by atoms with Crippen LogP contribution in [0.15, 0.2) is 48.7 Å². The lowest BCUT2D eigenvalue weighted by atomic mass is 9.81. The number of hydrogen-bond acceptors (Lipinski definition) is 5. The highest BCUT2D eigenvalue weighted by molar-refractivity contribution is 5.94. The van der Waals surface area contributed by atoms with Gasteiger partial charge >= 0.3 is 0 Å². The number of carboxylic acid groups (broad SMARTS) is 1. The molecule has 0 bridgehead atoms. The number of nitrogens with zero attached hydrogens (tertiary/aromatic N) is 3. The second kappa shape index (κ2) is 10.7. The Morgan fingerprint density at radius 3 is 2.48 bits per heavy atom. The number of rotatable bonds is 7. The van der Waals surface area contributed by atoms with Gasteiger partial charge in [0.2, 0.25) is 0 Å². The standard InChI is InChI=1S/C25H31FN4O3/c26-22-6-4-19(5-7-22)25(33)30-12-9-20(17-24(31)32)21(18-30)8-11-28-13-15-29(16-14-28)23-3-1-2-10-27-23/h1-7,10,20-21H,8-9,11-18H2,(H,31,32)/t20-,21-/m0/s1. The van der Waals surface area contributed by atoms with E-state index in [0.29, 0.717) is 25.1 Å². The number of halogens is 1. The highest BCUT2D eigenvalue weighted by Gasteiger charge is 2.33. The van der Waals surface area contributed by atoms with E-state index in [1.807, 2.05) is 24.4 Å². The lowest BCUT2D eigenvalue weighted by Crippen LogP contribution is -3.15. The molecule has 2 atom stereocenters. The lowest BCUT2D eigenvalue weighted by Gasteiger charge is -2.40. The van der Waals surface area contributed by atoms with Crippen LogP contribution in [-0.2, 0) is 4.79 Å². The van der Waals surface area contributed by atoms with Crippen LogP contribution < -0.4 is 14.9 Å². The number of pyridine rings is 1. The van der Waals surface area contributed by atoms with Gasteiger partial charge in [-0.25, -0.2) is 9.37 Å². The first-order chi connectivity index (χ1) is 16.0. The molecule has 1 N–H and O–H groups in total. The predicted molar refractivity (Wildman–Crippen MR) is 120 cm³/mol. The van der Waals surface area contributed by atoms with Crippen molar-refractivity contribution in [2.24, 2.45) is 11.8 Å². The molecular weight excluding hydrogens is 423 g/mol. The van der Waals surface area contributed by atoms with Gasteiger partial charge < -0.3 is 24.6 Å². The summed E-state index contributed by atoms with van der Waals surface area (Å²) in [4.78, 5) is 34.3. The summed E-state index contributed by atoms with van der Waals surface area (Å²) in [6.45, 7) is 5.88. The van der Waals surface area contributed by atoms with Crippen LogP contribution in [0.25, 0.3) is 0 Å². The Morgan fingerprint density at radius 2 is 1.82 bits per heavy atom. The minimum absolute atomic E-state index is 0.0153. The summed E-state index contributed by atoms with van der Waals surface area (Å²) in [5.41, 5.74) is 0.463. The summed E-state index contributed by atoms with van der Waals surface area (Å²) in [6.07, 6.45) is 3.36. The first-order valence-corrected chi connectivity index (χ1v) is 11.7. The van der Waals surface area contributed by atoms with E-state index in [-0.39, 0.29) is 30.0 Å². The van der Waals surface area contributed by atoms with Crippen LogP contribution in [0.3, 0.4) is 0 Å². The van der Waals surface area contributed by atoms with E-state index in [1.165, 1.54) is 29.2 Å². The zero-order valence-electron chi connectivity index (χ0n) is 18.8. The molecule has 3 heterocycles. The highest BCUT2D eigenvalue weighted by atomic mass is 19.1. The number of amides is 1. The summed E-state index contributed by atoms with van der Waals surface area (Å²) in [5, 5.41) is 11.3. The Labute approximate surface area is 193 Å². The van der Waals surface area contributed by atoms with E-state index < -0.39 is 5.97 Å². The molecule has 0 spiro atoms. The van der Waals surface area contributed by atoms with E-state index in [2.05, 4.69) is 9.88 Å². The molecule has 2 aliphatic heterocycles. The number of carbonyl (C=O) groups excluding carboxylic acids is 2. The summed E-state index contributed by atoms with van der Waals surface area (Å²) >= 11 is 0. The van der Waals surface area contributed by atoms with Crippen molar-refractivity contribution >= 4 is 17.7 Å². The molecule has 0 saturated carbocycles. The van der Waals surface area contributed by atoms with Crippen molar-refractivity contribution in [2.45, 2.75) is 19.3 Å². The molecule has 8 heteroatoms. The maximum atomic E-state index is 13.2. The average molecular weight is 455 g/mol. The fourth-order valence-corrected chi connectivity index (χ4v) is 5.08. The van der Waals surface area contributed by atoms with Crippen LogP contribution >= 0.6 is 0 Å². The van der Waals surface area contributed by atoms with E-state index in [9.17, 15) is 19.1 Å². The fourth-order valence-electron chi connectivity index (χ4n) is 5.08. The largest absolute Gasteiger partial charge is 0.550 e. The molecule has 0 unspecified atom stereocenters. The third-order valence-electron chi connectivity index (χ3n) is 7.01. The van der Waals surface area contributed by atoms with Gasteiger partial charge in [0.05, 0.1) is 32.7 Å². The fraction of sp³-hybridized carbons (Fsp3) is 0.480. The summed E-state index contributed by atoms with van der Waals surface area (Å²) < 4.78 is 13.2. The maximum Gasteiger partial charge on any atom is 0.253 e. The molecule has 1 aromatic carbocycles. The average Bonchev–Trinajstić information content (AvgIpc) is 2.84. The maximum absolute atomic E-state index is 13.2. The van der Waals surface area contributed by atoms with E-state index >= 15 is 0 Å².